The number of non-ortho nitro benzene ring substituents is 1. The fourth-order valence-electron chi connectivity index (χ4n) is 5.58. The van der Waals surface area contributed by atoms with Gasteiger partial charge in [-0.05, 0) is 60.1 Å². The number of hydrogen-bond donors (Lipinski definition) is 1. The molecule has 5 rings (SSSR count). The molecule has 24 heavy (non-hydrogen) atoms. The van der Waals surface area contributed by atoms with E-state index in [0.29, 0.717) is 23.8 Å². The summed E-state index contributed by atoms with van der Waals surface area (Å²) in [6.45, 7) is 0. The van der Waals surface area contributed by atoms with E-state index in [1.807, 2.05) is 12.1 Å². The lowest BCUT2D eigenvalue weighted by molar-refractivity contribution is -0.384. The van der Waals surface area contributed by atoms with Crippen LogP contribution in [0.1, 0.15) is 42.3 Å². The van der Waals surface area contributed by atoms with Crippen LogP contribution in [0.25, 0.3) is 0 Å². The minimum absolute atomic E-state index is 0.218. The van der Waals surface area contributed by atoms with E-state index in [4.69, 9.17) is 0 Å². The standard InChI is InChI=1S/C20H20N2O2/c23-22(24)15-8-9-17-16(11-15)18-13-6-7-14(10-13)19(18)20(21-17)12-4-2-1-3-5-12/h1-5,8-9,11,13-14,18-21H,6-7,10H2/t13-,14+,18-,19-,20+/m1/s1. The Hall–Kier alpha value is -2.36. The van der Waals surface area contributed by atoms with Crippen LogP contribution in [-0.2, 0) is 0 Å². The first kappa shape index (κ1) is 14.0. The van der Waals surface area contributed by atoms with Crippen molar-refractivity contribution in [3.63, 3.8) is 0 Å². The first-order valence-electron chi connectivity index (χ1n) is 8.82. The van der Waals surface area contributed by atoms with Gasteiger partial charge in [0.1, 0.15) is 0 Å². The van der Waals surface area contributed by atoms with Gasteiger partial charge in [-0.15, -0.1) is 0 Å². The maximum atomic E-state index is 11.2. The van der Waals surface area contributed by atoms with Crippen LogP contribution in [0.3, 0.4) is 0 Å². The van der Waals surface area contributed by atoms with Crippen molar-refractivity contribution in [1.29, 1.82) is 0 Å². The molecule has 0 radical (unpaired) electrons. The molecule has 2 aromatic rings. The Morgan fingerprint density at radius 3 is 2.62 bits per heavy atom. The summed E-state index contributed by atoms with van der Waals surface area (Å²) in [4.78, 5) is 10.9. The van der Waals surface area contributed by atoms with Crippen LogP contribution in [0.15, 0.2) is 48.5 Å². The maximum absolute atomic E-state index is 11.2. The number of nitrogens with zero attached hydrogens (tertiary/aromatic N) is 1. The second-order valence-corrected chi connectivity index (χ2v) is 7.50. The first-order chi connectivity index (χ1) is 11.7. The van der Waals surface area contributed by atoms with Gasteiger partial charge in [-0.1, -0.05) is 30.3 Å². The fourth-order valence-corrected chi connectivity index (χ4v) is 5.58. The molecule has 5 atom stereocenters. The number of fused-ring (bicyclic) bond motifs is 7. The van der Waals surface area contributed by atoms with Gasteiger partial charge in [0.15, 0.2) is 0 Å². The van der Waals surface area contributed by atoms with Gasteiger partial charge in [0.05, 0.1) is 11.0 Å². The summed E-state index contributed by atoms with van der Waals surface area (Å²) >= 11 is 0. The van der Waals surface area contributed by atoms with Gasteiger partial charge in [0.2, 0.25) is 0 Å². The Morgan fingerprint density at radius 1 is 1.04 bits per heavy atom. The van der Waals surface area contributed by atoms with Crippen LogP contribution >= 0.6 is 0 Å². The molecule has 3 aliphatic rings. The summed E-state index contributed by atoms with van der Waals surface area (Å²) in [7, 11) is 0. The highest BCUT2D eigenvalue weighted by Crippen LogP contribution is 2.63. The van der Waals surface area contributed by atoms with Crippen LogP contribution in [-0.4, -0.2) is 4.92 Å². The number of nitro groups is 1. The largest absolute Gasteiger partial charge is 0.378 e. The zero-order valence-electron chi connectivity index (χ0n) is 13.4. The van der Waals surface area contributed by atoms with Gasteiger partial charge in [-0.25, -0.2) is 0 Å². The zero-order valence-corrected chi connectivity index (χ0v) is 13.4. The SMILES string of the molecule is O=[N+]([O-])c1ccc2c(c1)[C@H]1[C@@H]3CC[C@@H](C3)[C@H]1[C@H](c1ccccc1)N2. The minimum atomic E-state index is -0.272. The van der Waals surface area contributed by atoms with Crippen LogP contribution in [0, 0.1) is 27.9 Å². The Balaban J connectivity index is 1.64. The molecular formula is C20H20N2O2. The number of nitro benzene ring substituents is 1. The average Bonchev–Trinajstić information content (AvgIpc) is 3.23. The normalized spacial score (nSPS) is 32.8. The van der Waals surface area contributed by atoms with Gasteiger partial charge in [-0.2, -0.15) is 0 Å². The predicted octanol–water partition coefficient (Wildman–Crippen LogP) is 4.89. The Bertz CT molecular complexity index is 805. The van der Waals surface area contributed by atoms with Gasteiger partial charge < -0.3 is 5.32 Å². The Morgan fingerprint density at radius 2 is 1.83 bits per heavy atom. The molecule has 0 amide bonds. The number of rotatable bonds is 2. The molecule has 0 unspecified atom stereocenters. The third kappa shape index (κ3) is 1.92. The van der Waals surface area contributed by atoms with E-state index in [2.05, 4.69) is 35.6 Å². The molecule has 2 bridgehead atoms. The molecule has 1 heterocycles. The van der Waals surface area contributed by atoms with Crippen molar-refractivity contribution in [2.45, 2.75) is 31.2 Å². The Labute approximate surface area is 141 Å². The van der Waals surface area contributed by atoms with Gasteiger partial charge >= 0.3 is 0 Å². The molecule has 122 valence electrons. The summed E-state index contributed by atoms with van der Waals surface area (Å²) in [5.74, 6) is 2.45. The van der Waals surface area contributed by atoms with E-state index < -0.39 is 0 Å². The quantitative estimate of drug-likeness (QED) is 0.633. The topological polar surface area (TPSA) is 55.2 Å². The summed E-state index contributed by atoms with van der Waals surface area (Å²) in [6.07, 6.45) is 3.86. The van der Waals surface area contributed by atoms with Crippen LogP contribution in [0.4, 0.5) is 11.4 Å². The van der Waals surface area contributed by atoms with Crippen molar-refractivity contribution in [2.75, 3.05) is 5.32 Å². The van der Waals surface area contributed by atoms with E-state index in [9.17, 15) is 10.1 Å². The molecule has 2 fully saturated rings. The highest BCUT2D eigenvalue weighted by atomic mass is 16.6. The minimum Gasteiger partial charge on any atom is -0.378 e. The molecule has 2 aliphatic carbocycles. The van der Waals surface area contributed by atoms with E-state index >= 15 is 0 Å². The fraction of sp³-hybridized carbons (Fsp3) is 0.400. The lowest BCUT2D eigenvalue weighted by atomic mass is 9.68. The second-order valence-electron chi connectivity index (χ2n) is 7.50. The highest BCUT2D eigenvalue weighted by molar-refractivity contribution is 5.62. The van der Waals surface area contributed by atoms with Crippen molar-refractivity contribution in [2.24, 2.45) is 17.8 Å². The predicted molar refractivity (Wildman–Crippen MR) is 93.0 cm³/mol. The van der Waals surface area contributed by atoms with Crippen LogP contribution in [0.2, 0.25) is 0 Å². The van der Waals surface area contributed by atoms with E-state index in [0.717, 1.165) is 11.6 Å². The molecule has 1 aliphatic heterocycles. The average molecular weight is 320 g/mol. The van der Waals surface area contributed by atoms with Crippen LogP contribution < -0.4 is 5.32 Å². The van der Waals surface area contributed by atoms with E-state index in [-0.39, 0.29) is 10.6 Å². The molecule has 0 saturated heterocycles. The lowest BCUT2D eigenvalue weighted by Gasteiger charge is -2.43. The van der Waals surface area contributed by atoms with Crippen molar-refractivity contribution in [3.05, 3.63) is 69.8 Å². The summed E-state index contributed by atoms with van der Waals surface area (Å²) in [5.41, 5.74) is 3.82. The van der Waals surface area contributed by atoms with Crippen molar-refractivity contribution in [1.82, 2.24) is 0 Å². The molecule has 2 saturated carbocycles. The molecule has 1 N–H and O–H groups in total. The van der Waals surface area contributed by atoms with E-state index in [1.54, 1.807) is 6.07 Å². The van der Waals surface area contributed by atoms with E-state index in [1.165, 1.54) is 30.4 Å². The van der Waals surface area contributed by atoms with Crippen molar-refractivity contribution < 1.29 is 4.92 Å². The third-order valence-electron chi connectivity index (χ3n) is 6.44. The molecule has 2 aromatic carbocycles. The monoisotopic (exact) mass is 320 g/mol. The highest BCUT2D eigenvalue weighted by Gasteiger charge is 2.53. The number of nitrogens with one attached hydrogen (secondary N) is 1. The summed E-state index contributed by atoms with van der Waals surface area (Å²) in [6, 6.07) is 16.3. The first-order valence-corrected chi connectivity index (χ1v) is 8.82. The molecule has 4 nitrogen and oxygen atoms in total. The number of hydrogen-bond acceptors (Lipinski definition) is 3. The smallest absolute Gasteiger partial charge is 0.269 e. The zero-order chi connectivity index (χ0) is 16.3. The lowest BCUT2D eigenvalue weighted by Crippen LogP contribution is -2.35. The molecular weight excluding hydrogens is 300 g/mol. The Kier molecular flexibility index (Phi) is 2.96. The van der Waals surface area contributed by atoms with Gasteiger partial charge in [-0.3, -0.25) is 10.1 Å². The van der Waals surface area contributed by atoms with Gasteiger partial charge in [0.25, 0.3) is 5.69 Å². The van der Waals surface area contributed by atoms with Gasteiger partial charge in [0, 0.05) is 17.8 Å². The maximum Gasteiger partial charge on any atom is 0.269 e. The number of benzene rings is 2. The summed E-state index contributed by atoms with van der Waals surface area (Å²) in [5, 5.41) is 14.9. The summed E-state index contributed by atoms with van der Waals surface area (Å²) < 4.78 is 0. The molecule has 0 aromatic heterocycles. The molecule has 0 spiro atoms. The molecule has 4 heteroatoms. The van der Waals surface area contributed by atoms with Crippen molar-refractivity contribution in [3.8, 4) is 0 Å². The van der Waals surface area contributed by atoms with Crippen molar-refractivity contribution >= 4 is 11.4 Å². The van der Waals surface area contributed by atoms with Crippen LogP contribution in [0.5, 0.6) is 0 Å². The third-order valence-corrected chi connectivity index (χ3v) is 6.44. The second kappa shape index (κ2) is 5.07. The number of anilines is 1.